The number of nitrogens with one attached hydrogen (secondary N) is 1. The van der Waals surface area contributed by atoms with E-state index in [1.165, 1.54) is 0 Å². The standard InChI is InChI=1S/C9H16N2O3/c1-8(2)13-5-4-11-6(7(10)12)9(5,3)14-8/h5-6,11H,4H2,1-3H3,(H2,10,12). The van der Waals surface area contributed by atoms with Gasteiger partial charge in [-0.05, 0) is 20.8 Å². The van der Waals surface area contributed by atoms with Crippen molar-refractivity contribution in [2.24, 2.45) is 5.73 Å². The number of carbonyl (C=O) groups is 1. The molecule has 2 aliphatic rings. The summed E-state index contributed by atoms with van der Waals surface area (Å²) in [6.07, 6.45) is -0.102. The average molecular weight is 200 g/mol. The van der Waals surface area contributed by atoms with Gasteiger partial charge >= 0.3 is 0 Å². The Hall–Kier alpha value is -0.650. The maximum atomic E-state index is 11.2. The van der Waals surface area contributed by atoms with Gasteiger partial charge in [-0.3, -0.25) is 4.79 Å². The van der Waals surface area contributed by atoms with Gasteiger partial charge in [0.2, 0.25) is 5.91 Å². The Morgan fingerprint density at radius 1 is 1.50 bits per heavy atom. The Labute approximate surface area is 82.9 Å². The first kappa shape index (κ1) is 9.89. The average Bonchev–Trinajstić information content (AvgIpc) is 2.35. The summed E-state index contributed by atoms with van der Waals surface area (Å²) in [6, 6.07) is -0.464. The third-order valence-corrected chi connectivity index (χ3v) is 2.90. The van der Waals surface area contributed by atoms with Gasteiger partial charge in [0.05, 0.1) is 0 Å². The van der Waals surface area contributed by atoms with Crippen LogP contribution < -0.4 is 11.1 Å². The lowest BCUT2D eigenvalue weighted by Crippen LogP contribution is -2.53. The van der Waals surface area contributed by atoms with Gasteiger partial charge in [0, 0.05) is 6.54 Å². The van der Waals surface area contributed by atoms with Gasteiger partial charge in [-0.1, -0.05) is 0 Å². The Kier molecular flexibility index (Phi) is 1.90. The lowest BCUT2D eigenvalue weighted by atomic mass is 9.94. The molecule has 0 radical (unpaired) electrons. The van der Waals surface area contributed by atoms with E-state index in [0.717, 1.165) is 0 Å². The lowest BCUT2D eigenvalue weighted by molar-refractivity contribution is -0.170. The van der Waals surface area contributed by atoms with Crippen LogP contribution in [0.2, 0.25) is 0 Å². The summed E-state index contributed by atoms with van der Waals surface area (Å²) in [5, 5.41) is 3.01. The largest absolute Gasteiger partial charge is 0.368 e. The second-order valence-electron chi connectivity index (χ2n) is 4.54. The summed E-state index contributed by atoms with van der Waals surface area (Å²) in [5.74, 6) is -1.02. The van der Waals surface area contributed by atoms with Crippen molar-refractivity contribution >= 4 is 5.91 Å². The van der Waals surface area contributed by atoms with Crippen LogP contribution in [0.3, 0.4) is 0 Å². The Bertz CT molecular complexity index is 279. The molecule has 0 aliphatic carbocycles. The van der Waals surface area contributed by atoms with Crippen LogP contribution in [-0.2, 0) is 14.3 Å². The predicted octanol–water partition coefficient (Wildman–Crippen LogP) is -0.646. The normalized spacial score (nSPS) is 45.1. The van der Waals surface area contributed by atoms with E-state index >= 15 is 0 Å². The zero-order chi connectivity index (χ0) is 10.6. The number of fused-ring (bicyclic) bond motifs is 1. The number of nitrogens with two attached hydrogens (primary N) is 1. The molecule has 0 aromatic carbocycles. The summed E-state index contributed by atoms with van der Waals surface area (Å²) < 4.78 is 11.4. The molecule has 0 bridgehead atoms. The fourth-order valence-electron chi connectivity index (χ4n) is 2.38. The monoisotopic (exact) mass is 200 g/mol. The first-order chi connectivity index (χ1) is 6.35. The number of carbonyl (C=O) groups excluding carboxylic acids is 1. The first-order valence-electron chi connectivity index (χ1n) is 4.76. The van der Waals surface area contributed by atoms with Gasteiger partial charge < -0.3 is 20.5 Å². The molecule has 5 heteroatoms. The molecule has 3 N–H and O–H groups in total. The minimum atomic E-state index is -0.630. The minimum absolute atomic E-state index is 0.102. The summed E-state index contributed by atoms with van der Waals surface area (Å²) in [7, 11) is 0. The third-order valence-electron chi connectivity index (χ3n) is 2.90. The van der Waals surface area contributed by atoms with E-state index in [1.807, 2.05) is 20.8 Å². The maximum absolute atomic E-state index is 11.2. The van der Waals surface area contributed by atoms with Crippen LogP contribution in [0, 0.1) is 0 Å². The molecule has 0 aromatic heterocycles. The highest BCUT2D eigenvalue weighted by Crippen LogP contribution is 2.41. The highest BCUT2D eigenvalue weighted by atomic mass is 16.8. The molecular weight excluding hydrogens is 184 g/mol. The van der Waals surface area contributed by atoms with Gasteiger partial charge in [0.15, 0.2) is 5.79 Å². The van der Waals surface area contributed by atoms with Crippen molar-refractivity contribution < 1.29 is 14.3 Å². The van der Waals surface area contributed by atoms with Crippen molar-refractivity contribution in [2.45, 2.75) is 44.3 Å². The molecule has 5 nitrogen and oxygen atoms in total. The highest BCUT2D eigenvalue weighted by molar-refractivity contribution is 5.82. The summed E-state index contributed by atoms with van der Waals surface area (Å²) in [6.45, 7) is 6.15. The molecule has 1 amide bonds. The molecular formula is C9H16N2O3. The van der Waals surface area contributed by atoms with Crippen LogP contribution in [0.1, 0.15) is 20.8 Å². The molecule has 14 heavy (non-hydrogen) atoms. The molecule has 2 heterocycles. The van der Waals surface area contributed by atoms with E-state index in [-0.39, 0.29) is 6.10 Å². The SMILES string of the molecule is CC1(C)OC2CNC(C(N)=O)C2(C)O1. The minimum Gasteiger partial charge on any atom is -0.368 e. The molecule has 0 spiro atoms. The van der Waals surface area contributed by atoms with Gasteiger partial charge in [0.1, 0.15) is 17.7 Å². The van der Waals surface area contributed by atoms with E-state index in [0.29, 0.717) is 6.54 Å². The zero-order valence-electron chi connectivity index (χ0n) is 8.66. The third kappa shape index (κ3) is 1.24. The van der Waals surface area contributed by atoms with Gasteiger partial charge in [-0.2, -0.15) is 0 Å². The lowest BCUT2D eigenvalue weighted by Gasteiger charge is -2.28. The van der Waals surface area contributed by atoms with Gasteiger partial charge in [-0.15, -0.1) is 0 Å². The van der Waals surface area contributed by atoms with E-state index < -0.39 is 23.3 Å². The molecule has 3 unspecified atom stereocenters. The number of hydrogen-bond donors (Lipinski definition) is 2. The van der Waals surface area contributed by atoms with Gasteiger partial charge in [-0.25, -0.2) is 0 Å². The van der Waals surface area contributed by atoms with Crippen LogP contribution in [0.25, 0.3) is 0 Å². The van der Waals surface area contributed by atoms with E-state index in [4.69, 9.17) is 15.2 Å². The van der Waals surface area contributed by atoms with Crippen LogP contribution in [-0.4, -0.2) is 36.0 Å². The molecule has 2 fully saturated rings. The number of amides is 1. The van der Waals surface area contributed by atoms with E-state index in [9.17, 15) is 4.79 Å². The number of primary amides is 1. The number of ether oxygens (including phenoxy) is 2. The summed E-state index contributed by atoms with van der Waals surface area (Å²) in [5.41, 5.74) is 4.66. The first-order valence-corrected chi connectivity index (χ1v) is 4.76. The molecule has 80 valence electrons. The summed E-state index contributed by atoms with van der Waals surface area (Å²) in [4.78, 5) is 11.2. The molecule has 2 rings (SSSR count). The van der Waals surface area contributed by atoms with Crippen molar-refractivity contribution in [3.05, 3.63) is 0 Å². The van der Waals surface area contributed by atoms with E-state index in [2.05, 4.69) is 5.32 Å². The zero-order valence-corrected chi connectivity index (χ0v) is 8.66. The van der Waals surface area contributed by atoms with Crippen LogP contribution in [0.15, 0.2) is 0 Å². The van der Waals surface area contributed by atoms with Crippen molar-refractivity contribution in [1.82, 2.24) is 5.32 Å². The molecule has 0 aromatic rings. The summed E-state index contributed by atoms with van der Waals surface area (Å²) >= 11 is 0. The topological polar surface area (TPSA) is 73.6 Å². The quantitative estimate of drug-likeness (QED) is 0.590. The van der Waals surface area contributed by atoms with Crippen LogP contribution >= 0.6 is 0 Å². The van der Waals surface area contributed by atoms with Crippen molar-refractivity contribution in [3.8, 4) is 0 Å². The second kappa shape index (κ2) is 2.68. The van der Waals surface area contributed by atoms with E-state index in [1.54, 1.807) is 0 Å². The highest BCUT2D eigenvalue weighted by Gasteiger charge is 2.59. The fraction of sp³-hybridized carbons (Fsp3) is 0.889. The number of rotatable bonds is 1. The number of hydrogen-bond acceptors (Lipinski definition) is 4. The van der Waals surface area contributed by atoms with Crippen LogP contribution in [0.4, 0.5) is 0 Å². The Morgan fingerprint density at radius 3 is 2.71 bits per heavy atom. The Morgan fingerprint density at radius 2 is 2.14 bits per heavy atom. The maximum Gasteiger partial charge on any atom is 0.237 e. The molecule has 2 aliphatic heterocycles. The molecule has 2 saturated heterocycles. The Balaban J connectivity index is 2.26. The smallest absolute Gasteiger partial charge is 0.237 e. The van der Waals surface area contributed by atoms with Gasteiger partial charge in [0.25, 0.3) is 0 Å². The molecule has 0 saturated carbocycles. The second-order valence-corrected chi connectivity index (χ2v) is 4.54. The fourth-order valence-corrected chi connectivity index (χ4v) is 2.38. The van der Waals surface area contributed by atoms with Crippen LogP contribution in [0.5, 0.6) is 0 Å². The molecule has 3 atom stereocenters. The van der Waals surface area contributed by atoms with Crippen molar-refractivity contribution in [2.75, 3.05) is 6.54 Å². The van der Waals surface area contributed by atoms with Crippen molar-refractivity contribution in [3.63, 3.8) is 0 Å². The van der Waals surface area contributed by atoms with Crippen molar-refractivity contribution in [1.29, 1.82) is 0 Å². The predicted molar refractivity (Wildman–Crippen MR) is 49.4 cm³/mol.